The lowest BCUT2D eigenvalue weighted by atomic mass is 10.1. The maximum Gasteiger partial charge on any atom is 0.0518 e. The molecule has 0 aromatic rings. The fourth-order valence-corrected chi connectivity index (χ4v) is 2.00. The Balaban J connectivity index is 2.39. The summed E-state index contributed by atoms with van der Waals surface area (Å²) in [6.07, 6.45) is 9.29. The quantitative estimate of drug-likeness (QED) is 0.357. The van der Waals surface area contributed by atoms with Gasteiger partial charge in [0.05, 0.1) is 5.38 Å². The standard InChI is InChI=1S/C12H17Cl/c1-2-3-4-7-11-8-5-6-9-12(13)10-11/h10,12H,4-9H2,1H3. The van der Waals surface area contributed by atoms with Gasteiger partial charge in [0.15, 0.2) is 0 Å². The van der Waals surface area contributed by atoms with Gasteiger partial charge in [0, 0.05) is 6.42 Å². The summed E-state index contributed by atoms with van der Waals surface area (Å²) in [5, 5.41) is 0.270. The molecule has 0 fully saturated rings. The molecule has 0 aliphatic heterocycles. The Labute approximate surface area is 86.4 Å². The average molecular weight is 197 g/mol. The Morgan fingerprint density at radius 2 is 2.38 bits per heavy atom. The van der Waals surface area contributed by atoms with Crippen molar-refractivity contribution in [3.63, 3.8) is 0 Å². The summed E-state index contributed by atoms with van der Waals surface area (Å²) >= 11 is 6.12. The van der Waals surface area contributed by atoms with Crippen molar-refractivity contribution >= 4 is 11.6 Å². The molecule has 0 saturated carbocycles. The first-order valence-electron chi connectivity index (χ1n) is 5.06. The molecule has 72 valence electrons. The smallest absolute Gasteiger partial charge is 0.0518 e. The van der Waals surface area contributed by atoms with Crippen molar-refractivity contribution in [2.24, 2.45) is 0 Å². The van der Waals surface area contributed by atoms with E-state index in [4.69, 9.17) is 11.6 Å². The predicted octanol–water partition coefficient (Wildman–Crippen LogP) is 3.90. The highest BCUT2D eigenvalue weighted by Crippen LogP contribution is 2.23. The predicted molar refractivity (Wildman–Crippen MR) is 58.9 cm³/mol. The van der Waals surface area contributed by atoms with Gasteiger partial charge >= 0.3 is 0 Å². The molecule has 1 unspecified atom stereocenters. The van der Waals surface area contributed by atoms with Crippen molar-refractivity contribution in [1.29, 1.82) is 0 Å². The molecule has 1 heteroatoms. The van der Waals surface area contributed by atoms with Crippen LogP contribution in [0.1, 0.15) is 45.4 Å². The molecule has 0 aromatic carbocycles. The van der Waals surface area contributed by atoms with E-state index in [1.165, 1.54) is 24.8 Å². The van der Waals surface area contributed by atoms with Crippen LogP contribution < -0.4 is 0 Å². The highest BCUT2D eigenvalue weighted by Gasteiger charge is 2.08. The molecule has 1 rings (SSSR count). The van der Waals surface area contributed by atoms with Gasteiger partial charge in [0.1, 0.15) is 0 Å². The molecular weight excluding hydrogens is 180 g/mol. The molecule has 0 saturated heterocycles. The number of alkyl halides is 1. The maximum absolute atomic E-state index is 6.12. The zero-order valence-electron chi connectivity index (χ0n) is 8.28. The lowest BCUT2D eigenvalue weighted by Gasteiger charge is -2.02. The van der Waals surface area contributed by atoms with Gasteiger partial charge in [-0.1, -0.05) is 18.1 Å². The molecule has 0 radical (unpaired) electrons. The monoisotopic (exact) mass is 196 g/mol. The van der Waals surface area contributed by atoms with E-state index < -0.39 is 0 Å². The van der Waals surface area contributed by atoms with Gasteiger partial charge in [-0.2, -0.15) is 0 Å². The third kappa shape index (κ3) is 4.39. The molecule has 0 nitrogen and oxygen atoms in total. The second kappa shape index (κ2) is 6.11. The summed E-state index contributed by atoms with van der Waals surface area (Å²) in [5.41, 5.74) is 1.51. The Morgan fingerprint density at radius 1 is 1.54 bits per heavy atom. The number of allylic oxidation sites excluding steroid dienone is 2. The van der Waals surface area contributed by atoms with Crippen LogP contribution in [0, 0.1) is 11.8 Å². The van der Waals surface area contributed by atoms with Crippen molar-refractivity contribution in [2.45, 2.75) is 50.8 Å². The van der Waals surface area contributed by atoms with Crippen LogP contribution in [0.4, 0.5) is 0 Å². The minimum Gasteiger partial charge on any atom is -0.118 e. The molecule has 1 atom stereocenters. The Hall–Kier alpha value is -0.410. The first-order valence-corrected chi connectivity index (χ1v) is 5.50. The number of rotatable bonds is 2. The van der Waals surface area contributed by atoms with Crippen molar-refractivity contribution in [1.82, 2.24) is 0 Å². The third-order valence-corrected chi connectivity index (χ3v) is 2.74. The summed E-state index contributed by atoms with van der Waals surface area (Å²) < 4.78 is 0. The fourth-order valence-electron chi connectivity index (χ4n) is 1.67. The third-order valence-electron chi connectivity index (χ3n) is 2.39. The molecule has 0 spiro atoms. The van der Waals surface area contributed by atoms with Crippen LogP contribution in [0.5, 0.6) is 0 Å². The summed E-state index contributed by atoms with van der Waals surface area (Å²) in [4.78, 5) is 0. The normalized spacial score (nSPS) is 22.6. The molecular formula is C12H17Cl. The molecule has 0 heterocycles. The van der Waals surface area contributed by atoms with E-state index in [2.05, 4.69) is 17.9 Å². The van der Waals surface area contributed by atoms with Crippen molar-refractivity contribution < 1.29 is 0 Å². The average Bonchev–Trinajstić information content (AvgIpc) is 2.31. The highest BCUT2D eigenvalue weighted by molar-refractivity contribution is 6.21. The van der Waals surface area contributed by atoms with E-state index in [0.717, 1.165) is 19.3 Å². The van der Waals surface area contributed by atoms with Gasteiger partial charge in [-0.15, -0.1) is 23.4 Å². The molecule has 0 bridgehead atoms. The first kappa shape index (κ1) is 10.7. The Kier molecular flexibility index (Phi) is 5.01. The minimum atomic E-state index is 0.270. The zero-order chi connectivity index (χ0) is 9.52. The zero-order valence-corrected chi connectivity index (χ0v) is 9.03. The summed E-state index contributed by atoms with van der Waals surface area (Å²) in [6.45, 7) is 1.89. The second-order valence-corrected chi connectivity index (χ2v) is 4.07. The van der Waals surface area contributed by atoms with Gasteiger partial charge in [-0.25, -0.2) is 0 Å². The lowest BCUT2D eigenvalue weighted by Crippen LogP contribution is -1.91. The van der Waals surface area contributed by atoms with Crippen molar-refractivity contribution in [2.75, 3.05) is 0 Å². The van der Waals surface area contributed by atoms with E-state index in [-0.39, 0.29) is 5.38 Å². The molecule has 1 aliphatic carbocycles. The van der Waals surface area contributed by atoms with Crippen LogP contribution in [-0.2, 0) is 0 Å². The Bertz CT molecular complexity index is 229. The lowest BCUT2D eigenvalue weighted by molar-refractivity contribution is 0.706. The topological polar surface area (TPSA) is 0 Å². The van der Waals surface area contributed by atoms with Crippen molar-refractivity contribution in [3.05, 3.63) is 11.6 Å². The summed E-state index contributed by atoms with van der Waals surface area (Å²) in [5.74, 6) is 6.02. The minimum absolute atomic E-state index is 0.270. The van der Waals surface area contributed by atoms with E-state index in [1.54, 1.807) is 0 Å². The van der Waals surface area contributed by atoms with E-state index >= 15 is 0 Å². The molecule has 0 N–H and O–H groups in total. The van der Waals surface area contributed by atoms with Crippen molar-refractivity contribution in [3.8, 4) is 11.8 Å². The summed E-state index contributed by atoms with van der Waals surface area (Å²) in [6, 6.07) is 0. The molecule has 13 heavy (non-hydrogen) atoms. The summed E-state index contributed by atoms with van der Waals surface area (Å²) in [7, 11) is 0. The van der Waals surface area contributed by atoms with Gasteiger partial charge in [0.25, 0.3) is 0 Å². The fraction of sp³-hybridized carbons (Fsp3) is 0.667. The van der Waals surface area contributed by atoms with E-state index in [1.807, 2.05) is 6.92 Å². The van der Waals surface area contributed by atoms with Crippen LogP contribution in [0.2, 0.25) is 0 Å². The van der Waals surface area contributed by atoms with Gasteiger partial charge in [-0.3, -0.25) is 0 Å². The Morgan fingerprint density at radius 3 is 3.15 bits per heavy atom. The SMILES string of the molecule is CC#CCCC1=CC(Cl)CCCC1. The van der Waals surface area contributed by atoms with Crippen LogP contribution in [0.15, 0.2) is 11.6 Å². The number of hydrogen-bond donors (Lipinski definition) is 0. The molecule has 0 amide bonds. The highest BCUT2D eigenvalue weighted by atomic mass is 35.5. The van der Waals surface area contributed by atoms with Gasteiger partial charge in [0.2, 0.25) is 0 Å². The van der Waals surface area contributed by atoms with E-state index in [0.29, 0.717) is 0 Å². The first-order chi connectivity index (χ1) is 6.33. The van der Waals surface area contributed by atoms with Gasteiger partial charge in [-0.05, 0) is 32.6 Å². The van der Waals surface area contributed by atoms with Crippen LogP contribution in [-0.4, -0.2) is 5.38 Å². The van der Waals surface area contributed by atoms with Gasteiger partial charge < -0.3 is 0 Å². The van der Waals surface area contributed by atoms with Crippen LogP contribution in [0.3, 0.4) is 0 Å². The number of halogens is 1. The maximum atomic E-state index is 6.12. The molecule has 0 aromatic heterocycles. The van der Waals surface area contributed by atoms with Crippen LogP contribution >= 0.6 is 11.6 Å². The van der Waals surface area contributed by atoms with E-state index in [9.17, 15) is 0 Å². The van der Waals surface area contributed by atoms with Crippen LogP contribution in [0.25, 0.3) is 0 Å². The largest absolute Gasteiger partial charge is 0.118 e. The number of hydrogen-bond acceptors (Lipinski definition) is 0. The second-order valence-electron chi connectivity index (χ2n) is 3.51. The molecule has 1 aliphatic rings.